The van der Waals surface area contributed by atoms with Crippen molar-refractivity contribution in [2.45, 2.75) is 27.2 Å². The monoisotopic (exact) mass is 290 g/mol. The van der Waals surface area contributed by atoms with Gasteiger partial charge >= 0.3 is 12.0 Å². The molecule has 2 amide bonds. The normalized spacial score (nSPS) is 22.0. The van der Waals surface area contributed by atoms with Crippen molar-refractivity contribution < 1.29 is 14.7 Å². The number of rotatable bonds is 2. The molecule has 5 nitrogen and oxygen atoms in total. The van der Waals surface area contributed by atoms with Crippen LogP contribution >= 0.6 is 0 Å². The van der Waals surface area contributed by atoms with E-state index in [4.69, 9.17) is 0 Å². The van der Waals surface area contributed by atoms with E-state index in [1.165, 1.54) is 0 Å². The van der Waals surface area contributed by atoms with Gasteiger partial charge in [0, 0.05) is 13.1 Å². The number of aryl methyl sites for hydroxylation is 1. The number of carboxylic acid groups (broad SMARTS) is 1. The van der Waals surface area contributed by atoms with E-state index in [-0.39, 0.29) is 11.6 Å². The zero-order valence-electron chi connectivity index (χ0n) is 12.7. The summed E-state index contributed by atoms with van der Waals surface area (Å²) in [5.41, 5.74) is 1.16. The molecule has 2 rings (SSSR count). The fourth-order valence-electron chi connectivity index (χ4n) is 2.70. The Morgan fingerprint density at radius 2 is 2.00 bits per heavy atom. The number of likely N-dealkylation sites (tertiary alicyclic amines) is 1. The Kier molecular flexibility index (Phi) is 4.50. The number of nitrogens with one attached hydrogen (secondary N) is 1. The fraction of sp³-hybridized carbons (Fsp3) is 0.500. The van der Waals surface area contributed by atoms with Gasteiger partial charge < -0.3 is 15.3 Å². The molecule has 1 saturated heterocycles. The lowest BCUT2D eigenvalue weighted by atomic mass is 9.89. The van der Waals surface area contributed by atoms with Gasteiger partial charge in [-0.15, -0.1) is 0 Å². The van der Waals surface area contributed by atoms with Crippen LogP contribution in [0.1, 0.15) is 36.2 Å². The van der Waals surface area contributed by atoms with E-state index in [0.717, 1.165) is 6.42 Å². The molecule has 2 atom stereocenters. The van der Waals surface area contributed by atoms with Crippen LogP contribution in [-0.4, -0.2) is 35.1 Å². The molecule has 1 aliphatic rings. The highest BCUT2D eigenvalue weighted by Gasteiger charge is 2.26. The predicted octanol–water partition coefficient (Wildman–Crippen LogP) is 3.20. The van der Waals surface area contributed by atoms with Crippen molar-refractivity contribution in [2.24, 2.45) is 11.8 Å². The Balaban J connectivity index is 2.13. The quantitative estimate of drug-likeness (QED) is 0.878. The number of aromatic carboxylic acids is 1. The maximum atomic E-state index is 12.3. The number of hydrogen-bond acceptors (Lipinski definition) is 2. The minimum atomic E-state index is -1.02. The summed E-state index contributed by atoms with van der Waals surface area (Å²) in [5.74, 6) is 0.0487. The van der Waals surface area contributed by atoms with Crippen LogP contribution in [0.3, 0.4) is 0 Å². The van der Waals surface area contributed by atoms with E-state index in [1.54, 1.807) is 30.0 Å². The fourth-order valence-corrected chi connectivity index (χ4v) is 2.70. The molecule has 0 aromatic heterocycles. The van der Waals surface area contributed by atoms with E-state index >= 15 is 0 Å². The van der Waals surface area contributed by atoms with Gasteiger partial charge in [0.1, 0.15) is 0 Å². The van der Waals surface area contributed by atoms with Crippen molar-refractivity contribution in [2.75, 3.05) is 18.4 Å². The lowest BCUT2D eigenvalue weighted by Crippen LogP contribution is -2.44. The van der Waals surface area contributed by atoms with Crippen LogP contribution in [0.15, 0.2) is 18.2 Å². The second kappa shape index (κ2) is 6.16. The van der Waals surface area contributed by atoms with Crippen LogP contribution in [0.25, 0.3) is 0 Å². The summed E-state index contributed by atoms with van der Waals surface area (Å²) in [6, 6.07) is 4.88. The Morgan fingerprint density at radius 3 is 2.62 bits per heavy atom. The van der Waals surface area contributed by atoms with E-state index < -0.39 is 5.97 Å². The van der Waals surface area contributed by atoms with Crippen molar-refractivity contribution in [1.82, 2.24) is 4.90 Å². The standard InChI is InChI=1S/C16H22N2O3/c1-10-7-8-18(9-12(10)3)16(21)17-13-6-4-5-11(2)14(13)15(19)20/h4-6,10,12H,7-9H2,1-3H3,(H,17,21)(H,19,20). The summed E-state index contributed by atoms with van der Waals surface area (Å²) in [5, 5.41) is 12.0. The molecule has 21 heavy (non-hydrogen) atoms. The number of piperidine rings is 1. The number of carboxylic acids is 1. The van der Waals surface area contributed by atoms with E-state index in [1.807, 2.05) is 0 Å². The highest BCUT2D eigenvalue weighted by molar-refractivity contribution is 6.01. The van der Waals surface area contributed by atoms with Crippen molar-refractivity contribution in [1.29, 1.82) is 0 Å². The summed E-state index contributed by atoms with van der Waals surface area (Å²) in [4.78, 5) is 25.4. The Morgan fingerprint density at radius 1 is 1.29 bits per heavy atom. The van der Waals surface area contributed by atoms with Crippen molar-refractivity contribution in [3.05, 3.63) is 29.3 Å². The van der Waals surface area contributed by atoms with E-state index in [9.17, 15) is 14.7 Å². The first kappa shape index (κ1) is 15.4. The van der Waals surface area contributed by atoms with Crippen molar-refractivity contribution in [3.63, 3.8) is 0 Å². The number of amides is 2. The van der Waals surface area contributed by atoms with Crippen LogP contribution in [0.2, 0.25) is 0 Å². The minimum absolute atomic E-state index is 0.157. The Bertz CT molecular complexity index is 556. The van der Waals surface area contributed by atoms with Crippen LogP contribution in [0.4, 0.5) is 10.5 Å². The maximum absolute atomic E-state index is 12.3. The number of carbonyl (C=O) groups excluding carboxylic acids is 1. The molecule has 0 saturated carbocycles. The van der Waals surface area contributed by atoms with Gasteiger partial charge in [0.15, 0.2) is 0 Å². The van der Waals surface area contributed by atoms with Gasteiger partial charge in [0.2, 0.25) is 0 Å². The molecule has 0 radical (unpaired) electrons. The van der Waals surface area contributed by atoms with Gasteiger partial charge in [0.05, 0.1) is 11.3 Å². The number of carbonyl (C=O) groups is 2. The Labute approximate surface area is 125 Å². The topological polar surface area (TPSA) is 69.6 Å². The molecular weight excluding hydrogens is 268 g/mol. The number of nitrogens with zero attached hydrogens (tertiary/aromatic N) is 1. The molecular formula is C16H22N2O3. The lowest BCUT2D eigenvalue weighted by molar-refractivity contribution is 0.0697. The number of benzene rings is 1. The summed E-state index contributed by atoms with van der Waals surface area (Å²) in [7, 11) is 0. The van der Waals surface area contributed by atoms with Gasteiger partial charge in [-0.25, -0.2) is 9.59 Å². The smallest absolute Gasteiger partial charge is 0.338 e. The number of hydrogen-bond donors (Lipinski definition) is 2. The first-order valence-corrected chi connectivity index (χ1v) is 7.29. The predicted molar refractivity (Wildman–Crippen MR) is 81.7 cm³/mol. The van der Waals surface area contributed by atoms with Crippen LogP contribution in [0, 0.1) is 18.8 Å². The third-order valence-corrected chi connectivity index (χ3v) is 4.35. The van der Waals surface area contributed by atoms with Gasteiger partial charge in [-0.05, 0) is 36.8 Å². The molecule has 1 aromatic carbocycles. The zero-order chi connectivity index (χ0) is 15.6. The molecule has 1 heterocycles. The van der Waals surface area contributed by atoms with Crippen molar-refractivity contribution in [3.8, 4) is 0 Å². The molecule has 2 unspecified atom stereocenters. The van der Waals surface area contributed by atoms with Crippen molar-refractivity contribution >= 4 is 17.7 Å². The molecule has 0 aliphatic carbocycles. The van der Waals surface area contributed by atoms with Gasteiger partial charge in [-0.1, -0.05) is 26.0 Å². The second-order valence-electron chi connectivity index (χ2n) is 5.92. The average Bonchev–Trinajstić information content (AvgIpc) is 2.41. The van der Waals surface area contributed by atoms with Gasteiger partial charge in [-0.3, -0.25) is 0 Å². The molecule has 1 fully saturated rings. The summed E-state index contributed by atoms with van der Waals surface area (Å²) < 4.78 is 0. The largest absolute Gasteiger partial charge is 0.478 e. The average molecular weight is 290 g/mol. The van der Waals surface area contributed by atoms with Crippen LogP contribution in [0.5, 0.6) is 0 Å². The maximum Gasteiger partial charge on any atom is 0.338 e. The van der Waals surface area contributed by atoms with Gasteiger partial charge in [-0.2, -0.15) is 0 Å². The lowest BCUT2D eigenvalue weighted by Gasteiger charge is -2.35. The summed E-state index contributed by atoms with van der Waals surface area (Å²) in [6.07, 6.45) is 0.980. The molecule has 1 aliphatic heterocycles. The molecule has 0 spiro atoms. The third kappa shape index (κ3) is 3.35. The zero-order valence-corrected chi connectivity index (χ0v) is 12.7. The van der Waals surface area contributed by atoms with E-state index in [0.29, 0.717) is 36.2 Å². The minimum Gasteiger partial charge on any atom is -0.478 e. The first-order valence-electron chi connectivity index (χ1n) is 7.29. The van der Waals surface area contributed by atoms with Gasteiger partial charge in [0.25, 0.3) is 0 Å². The third-order valence-electron chi connectivity index (χ3n) is 4.35. The molecule has 2 N–H and O–H groups in total. The van der Waals surface area contributed by atoms with Crippen LogP contribution < -0.4 is 5.32 Å². The highest BCUT2D eigenvalue weighted by Crippen LogP contribution is 2.24. The first-order chi connectivity index (χ1) is 9.90. The van der Waals surface area contributed by atoms with Crippen LogP contribution in [-0.2, 0) is 0 Å². The molecule has 0 bridgehead atoms. The summed E-state index contributed by atoms with van der Waals surface area (Å²) >= 11 is 0. The highest BCUT2D eigenvalue weighted by atomic mass is 16.4. The SMILES string of the molecule is Cc1cccc(NC(=O)N2CCC(C)C(C)C2)c1C(=O)O. The molecule has 1 aromatic rings. The number of anilines is 1. The second-order valence-corrected chi connectivity index (χ2v) is 5.92. The summed E-state index contributed by atoms with van der Waals surface area (Å²) in [6.45, 7) is 7.49. The molecule has 5 heteroatoms. The Hall–Kier alpha value is -2.04. The van der Waals surface area contributed by atoms with E-state index in [2.05, 4.69) is 19.2 Å². The number of urea groups is 1. The molecule has 114 valence electrons.